The summed E-state index contributed by atoms with van der Waals surface area (Å²) in [6, 6.07) is 15.7. The van der Waals surface area contributed by atoms with E-state index in [1.54, 1.807) is 7.11 Å². The molecule has 1 amide bonds. The number of nitrogens with zero attached hydrogens (tertiary/aromatic N) is 2. The van der Waals surface area contributed by atoms with Gasteiger partial charge < -0.3 is 10.1 Å². The third-order valence-electron chi connectivity index (χ3n) is 4.05. The van der Waals surface area contributed by atoms with Crippen LogP contribution in [0.1, 0.15) is 5.56 Å². The van der Waals surface area contributed by atoms with Gasteiger partial charge in [0.15, 0.2) is 5.13 Å². The van der Waals surface area contributed by atoms with Gasteiger partial charge in [0, 0.05) is 5.39 Å². The second-order valence-electron chi connectivity index (χ2n) is 5.99. The van der Waals surface area contributed by atoms with Gasteiger partial charge in [-0.15, -0.1) is 0 Å². The van der Waals surface area contributed by atoms with Gasteiger partial charge in [0.05, 0.1) is 28.6 Å². The standard InChI is InChI=1S/C20H17N3O2S2/c1-12-9-13-10-14(25-2)7-8-15(13)21-19(12)26-11-18(24)23-20-22-16-5-3-4-6-17(16)27-20/h3-10H,11H2,1-2H3,(H,22,23,24). The Morgan fingerprint density at radius 2 is 2.00 bits per heavy atom. The number of hydrogen-bond donors (Lipinski definition) is 1. The third-order valence-corrected chi connectivity index (χ3v) is 6.09. The van der Waals surface area contributed by atoms with E-state index in [0.29, 0.717) is 5.13 Å². The number of carbonyl (C=O) groups excluding carboxylic acids is 1. The van der Waals surface area contributed by atoms with Crippen molar-refractivity contribution in [3.8, 4) is 5.75 Å². The Balaban J connectivity index is 1.45. The summed E-state index contributed by atoms with van der Waals surface area (Å²) in [7, 11) is 1.65. The molecule has 0 aliphatic heterocycles. The maximum absolute atomic E-state index is 12.3. The summed E-state index contributed by atoms with van der Waals surface area (Å²) in [5, 5.41) is 5.38. The largest absolute Gasteiger partial charge is 0.497 e. The Bertz CT molecular complexity index is 1110. The van der Waals surface area contributed by atoms with Gasteiger partial charge in [-0.2, -0.15) is 0 Å². The topological polar surface area (TPSA) is 64.1 Å². The second kappa shape index (κ2) is 7.54. The fourth-order valence-corrected chi connectivity index (χ4v) is 4.40. The predicted octanol–water partition coefficient (Wildman–Crippen LogP) is 4.89. The van der Waals surface area contributed by atoms with Crippen LogP contribution in [0, 0.1) is 6.92 Å². The van der Waals surface area contributed by atoms with Crippen molar-refractivity contribution in [3.63, 3.8) is 0 Å². The molecule has 0 radical (unpaired) electrons. The van der Waals surface area contributed by atoms with Crippen molar-refractivity contribution in [2.45, 2.75) is 11.9 Å². The zero-order valence-corrected chi connectivity index (χ0v) is 16.5. The minimum atomic E-state index is -0.0879. The van der Waals surface area contributed by atoms with Crippen LogP contribution < -0.4 is 10.1 Å². The maximum atomic E-state index is 12.3. The van der Waals surface area contributed by atoms with Crippen LogP contribution in [-0.2, 0) is 4.79 Å². The molecule has 0 atom stereocenters. The first-order chi connectivity index (χ1) is 13.1. The number of amides is 1. The highest BCUT2D eigenvalue weighted by molar-refractivity contribution is 8.00. The molecule has 2 aromatic heterocycles. The van der Waals surface area contributed by atoms with Crippen LogP contribution in [0.2, 0.25) is 0 Å². The molecule has 0 saturated heterocycles. The number of aromatic nitrogens is 2. The van der Waals surface area contributed by atoms with Crippen LogP contribution in [0.25, 0.3) is 21.1 Å². The molecule has 1 N–H and O–H groups in total. The van der Waals surface area contributed by atoms with Crippen LogP contribution in [0.15, 0.2) is 53.6 Å². The molecule has 5 nitrogen and oxygen atoms in total. The molecule has 0 spiro atoms. The number of anilines is 1. The van der Waals surface area contributed by atoms with E-state index in [1.165, 1.54) is 23.1 Å². The maximum Gasteiger partial charge on any atom is 0.236 e. The van der Waals surface area contributed by atoms with E-state index >= 15 is 0 Å². The number of rotatable bonds is 5. The number of thiazole rings is 1. The van der Waals surface area contributed by atoms with Gasteiger partial charge in [0.25, 0.3) is 0 Å². The minimum Gasteiger partial charge on any atom is -0.497 e. The molecule has 136 valence electrons. The normalized spacial score (nSPS) is 11.0. The minimum absolute atomic E-state index is 0.0879. The average Bonchev–Trinajstić information content (AvgIpc) is 3.08. The van der Waals surface area contributed by atoms with Crippen LogP contribution in [0.4, 0.5) is 5.13 Å². The Morgan fingerprint density at radius 3 is 2.81 bits per heavy atom. The first-order valence-electron chi connectivity index (χ1n) is 8.36. The highest BCUT2D eigenvalue weighted by Gasteiger charge is 2.11. The lowest BCUT2D eigenvalue weighted by molar-refractivity contribution is -0.113. The van der Waals surface area contributed by atoms with E-state index in [4.69, 9.17) is 4.74 Å². The molecule has 0 unspecified atom stereocenters. The predicted molar refractivity (Wildman–Crippen MR) is 112 cm³/mol. The van der Waals surface area contributed by atoms with Gasteiger partial charge in [0.2, 0.25) is 5.91 Å². The van der Waals surface area contributed by atoms with E-state index in [2.05, 4.69) is 21.4 Å². The van der Waals surface area contributed by atoms with Crippen molar-refractivity contribution < 1.29 is 9.53 Å². The number of thioether (sulfide) groups is 1. The Kier molecular flexibility index (Phi) is 4.96. The van der Waals surface area contributed by atoms with Gasteiger partial charge in [-0.3, -0.25) is 4.79 Å². The van der Waals surface area contributed by atoms with Crippen LogP contribution in [0.3, 0.4) is 0 Å². The van der Waals surface area contributed by atoms with Crippen molar-refractivity contribution in [2.24, 2.45) is 0 Å². The fourth-order valence-electron chi connectivity index (χ4n) is 2.73. The Labute approximate surface area is 164 Å². The zero-order valence-electron chi connectivity index (χ0n) is 14.9. The molecule has 2 aromatic carbocycles. The van der Waals surface area contributed by atoms with Gasteiger partial charge in [-0.05, 0) is 48.9 Å². The van der Waals surface area contributed by atoms with E-state index in [1.807, 2.05) is 49.4 Å². The molecule has 27 heavy (non-hydrogen) atoms. The summed E-state index contributed by atoms with van der Waals surface area (Å²) in [6.07, 6.45) is 0. The molecule has 0 aliphatic carbocycles. The lowest BCUT2D eigenvalue weighted by Crippen LogP contribution is -2.14. The van der Waals surface area contributed by atoms with Gasteiger partial charge in [-0.1, -0.05) is 35.2 Å². The molecule has 0 bridgehead atoms. The highest BCUT2D eigenvalue weighted by atomic mass is 32.2. The molecular formula is C20H17N3O2S2. The number of methoxy groups -OCH3 is 1. The molecule has 7 heteroatoms. The van der Waals surface area contributed by atoms with Crippen molar-refractivity contribution in [3.05, 3.63) is 54.1 Å². The quantitative estimate of drug-likeness (QED) is 0.487. The van der Waals surface area contributed by atoms with Crippen molar-refractivity contribution in [1.82, 2.24) is 9.97 Å². The van der Waals surface area contributed by atoms with E-state index in [0.717, 1.165) is 37.5 Å². The first-order valence-corrected chi connectivity index (χ1v) is 10.2. The van der Waals surface area contributed by atoms with E-state index in [-0.39, 0.29) is 11.7 Å². The highest BCUT2D eigenvalue weighted by Crippen LogP contribution is 2.28. The summed E-state index contributed by atoms with van der Waals surface area (Å²) in [5.74, 6) is 1.00. The Hall–Kier alpha value is -2.64. The van der Waals surface area contributed by atoms with Crippen molar-refractivity contribution >= 4 is 55.3 Å². The molecule has 0 fully saturated rings. The monoisotopic (exact) mass is 395 g/mol. The summed E-state index contributed by atoms with van der Waals surface area (Å²) in [5.41, 5.74) is 2.82. The van der Waals surface area contributed by atoms with Crippen molar-refractivity contribution in [1.29, 1.82) is 0 Å². The van der Waals surface area contributed by atoms with Gasteiger partial charge in [0.1, 0.15) is 10.8 Å². The summed E-state index contributed by atoms with van der Waals surface area (Å²) < 4.78 is 6.32. The smallest absolute Gasteiger partial charge is 0.236 e. The van der Waals surface area contributed by atoms with Crippen LogP contribution >= 0.6 is 23.1 Å². The third kappa shape index (κ3) is 3.89. The number of fused-ring (bicyclic) bond motifs is 2. The van der Waals surface area contributed by atoms with Crippen molar-refractivity contribution in [2.75, 3.05) is 18.2 Å². The number of carbonyl (C=O) groups is 1. The molecular weight excluding hydrogens is 378 g/mol. The molecule has 0 saturated carbocycles. The van der Waals surface area contributed by atoms with Gasteiger partial charge in [-0.25, -0.2) is 9.97 Å². The molecule has 4 aromatic rings. The van der Waals surface area contributed by atoms with Crippen LogP contribution in [-0.4, -0.2) is 28.7 Å². The molecule has 2 heterocycles. The number of hydrogen-bond acceptors (Lipinski definition) is 6. The lowest BCUT2D eigenvalue weighted by Gasteiger charge is -2.08. The van der Waals surface area contributed by atoms with E-state index in [9.17, 15) is 4.79 Å². The number of para-hydroxylation sites is 1. The first kappa shape index (κ1) is 17.8. The Morgan fingerprint density at radius 1 is 1.15 bits per heavy atom. The molecule has 4 rings (SSSR count). The number of benzene rings is 2. The van der Waals surface area contributed by atoms with Gasteiger partial charge >= 0.3 is 0 Å². The van der Waals surface area contributed by atoms with E-state index < -0.39 is 0 Å². The summed E-state index contributed by atoms with van der Waals surface area (Å²) in [4.78, 5) is 21.4. The molecule has 0 aliphatic rings. The zero-order chi connectivity index (χ0) is 18.8. The lowest BCUT2D eigenvalue weighted by atomic mass is 10.1. The summed E-state index contributed by atoms with van der Waals surface area (Å²) in [6.45, 7) is 2.00. The second-order valence-corrected chi connectivity index (χ2v) is 7.99. The average molecular weight is 396 g/mol. The summed E-state index contributed by atoms with van der Waals surface area (Å²) >= 11 is 2.90. The van der Waals surface area contributed by atoms with Crippen LogP contribution in [0.5, 0.6) is 5.75 Å². The number of aryl methyl sites for hydroxylation is 1. The fraction of sp³-hybridized carbons (Fsp3) is 0.150. The number of pyridine rings is 1. The SMILES string of the molecule is COc1ccc2nc(SCC(=O)Nc3nc4ccccc4s3)c(C)cc2c1. The number of ether oxygens (including phenoxy) is 1. The number of nitrogens with one attached hydrogen (secondary N) is 1.